The number of hydrogen-bond acceptors (Lipinski definition) is 4. The van der Waals surface area contributed by atoms with Crippen molar-refractivity contribution in [1.29, 1.82) is 0 Å². The molecule has 40 heavy (non-hydrogen) atoms. The fourth-order valence-electron chi connectivity index (χ4n) is 6.50. The molecule has 1 N–H and O–H groups in total. The lowest BCUT2D eigenvalue weighted by Crippen LogP contribution is -2.52. The van der Waals surface area contributed by atoms with E-state index in [1.54, 1.807) is 18.2 Å². The van der Waals surface area contributed by atoms with Crippen LogP contribution in [0.5, 0.6) is 0 Å². The highest BCUT2D eigenvalue weighted by Crippen LogP contribution is 2.39. The maximum absolute atomic E-state index is 13.4. The summed E-state index contributed by atoms with van der Waals surface area (Å²) in [5.74, 6) is 0.779. The first-order valence-electron chi connectivity index (χ1n) is 14.5. The van der Waals surface area contributed by atoms with Gasteiger partial charge in [0.25, 0.3) is 0 Å². The van der Waals surface area contributed by atoms with E-state index in [9.17, 15) is 13.2 Å². The van der Waals surface area contributed by atoms with Gasteiger partial charge in [0.15, 0.2) is 0 Å². The van der Waals surface area contributed by atoms with Crippen LogP contribution in [-0.2, 0) is 33.0 Å². The third-order valence-electron chi connectivity index (χ3n) is 9.07. The van der Waals surface area contributed by atoms with E-state index < -0.39 is 10.0 Å². The molecule has 0 radical (unpaired) electrons. The van der Waals surface area contributed by atoms with E-state index in [0.29, 0.717) is 56.4 Å². The molecule has 214 valence electrons. The van der Waals surface area contributed by atoms with Crippen molar-refractivity contribution >= 4 is 38.4 Å². The van der Waals surface area contributed by atoms with E-state index in [-0.39, 0.29) is 28.8 Å². The van der Waals surface area contributed by atoms with Crippen LogP contribution in [0.25, 0.3) is 22.2 Å². The summed E-state index contributed by atoms with van der Waals surface area (Å²) in [6.45, 7) is 4.04. The average molecular weight is 584 g/mol. The Morgan fingerprint density at radius 2 is 1.77 bits per heavy atom. The number of benzene rings is 2. The van der Waals surface area contributed by atoms with Crippen LogP contribution in [0, 0.1) is 11.8 Å². The molecular weight excluding hydrogens is 546 g/mol. The monoisotopic (exact) mass is 583 g/mol. The summed E-state index contributed by atoms with van der Waals surface area (Å²) in [5, 5.41) is 1.44. The summed E-state index contributed by atoms with van der Waals surface area (Å²) in [4.78, 5) is 15.6. The lowest BCUT2D eigenvalue weighted by Gasteiger charge is -2.39. The smallest absolute Gasteiger partial charge is 0.240 e. The molecule has 2 aromatic carbocycles. The van der Waals surface area contributed by atoms with Gasteiger partial charge in [-0.1, -0.05) is 42.8 Å². The van der Waals surface area contributed by atoms with Gasteiger partial charge in [-0.2, -0.15) is 0 Å². The number of amides is 1. The lowest BCUT2D eigenvalue weighted by molar-refractivity contribution is -0.146. The number of sulfonamides is 1. The van der Waals surface area contributed by atoms with Crippen LogP contribution in [0.15, 0.2) is 47.4 Å². The lowest BCUT2D eigenvalue weighted by atomic mass is 9.85. The summed E-state index contributed by atoms with van der Waals surface area (Å²) < 4.78 is 37.4. The molecule has 9 heteroatoms. The van der Waals surface area contributed by atoms with Gasteiger partial charge in [-0.25, -0.2) is 13.1 Å². The summed E-state index contributed by atoms with van der Waals surface area (Å²) in [7, 11) is -1.82. The number of aryl methyl sites for hydroxylation is 2. The zero-order valence-electron chi connectivity index (χ0n) is 23.2. The fourth-order valence-corrected chi connectivity index (χ4v) is 8.22. The van der Waals surface area contributed by atoms with Crippen molar-refractivity contribution in [2.24, 2.45) is 18.9 Å². The van der Waals surface area contributed by atoms with E-state index in [0.717, 1.165) is 28.6 Å². The molecule has 2 heterocycles. The molecule has 1 atom stereocenters. The molecule has 0 spiro atoms. The topological polar surface area (TPSA) is 80.6 Å². The summed E-state index contributed by atoms with van der Waals surface area (Å²) in [6, 6.07) is 13.5. The molecule has 7 nitrogen and oxygen atoms in total. The minimum atomic E-state index is -3.73. The Balaban J connectivity index is 1.14. The molecule has 1 amide bonds. The largest absolute Gasteiger partial charge is 0.377 e. The number of fused-ring (bicyclic) bond motifs is 1. The van der Waals surface area contributed by atoms with E-state index >= 15 is 0 Å². The number of halogens is 1. The van der Waals surface area contributed by atoms with Gasteiger partial charge in [0.2, 0.25) is 15.9 Å². The Labute approximate surface area is 241 Å². The van der Waals surface area contributed by atoms with E-state index in [4.69, 9.17) is 16.3 Å². The van der Waals surface area contributed by atoms with Crippen LogP contribution in [0.1, 0.15) is 51.0 Å². The first-order chi connectivity index (χ1) is 19.3. The van der Waals surface area contributed by atoms with E-state index in [1.807, 2.05) is 11.6 Å². The molecule has 3 aliphatic rings. The fraction of sp³-hybridized carbons (Fsp3) is 0.516. The Morgan fingerprint density at radius 3 is 2.45 bits per heavy atom. The maximum atomic E-state index is 13.4. The number of aromatic nitrogens is 1. The van der Waals surface area contributed by atoms with E-state index in [1.165, 1.54) is 18.4 Å². The molecule has 2 aliphatic carbocycles. The van der Waals surface area contributed by atoms with Crippen molar-refractivity contribution in [2.75, 3.05) is 19.8 Å². The predicted octanol–water partition coefficient (Wildman–Crippen LogP) is 5.54. The van der Waals surface area contributed by atoms with Gasteiger partial charge in [-0.15, -0.1) is 0 Å². The maximum Gasteiger partial charge on any atom is 0.240 e. The molecule has 3 aromatic rings. The van der Waals surface area contributed by atoms with Crippen molar-refractivity contribution < 1.29 is 17.9 Å². The summed E-state index contributed by atoms with van der Waals surface area (Å²) in [5.41, 5.74) is 3.89. The number of morpholine rings is 1. The summed E-state index contributed by atoms with van der Waals surface area (Å²) in [6.07, 6.45) is 6.04. The number of carbonyl (C=O) groups excluding carboxylic acids is 1. The zero-order valence-corrected chi connectivity index (χ0v) is 24.8. The molecule has 6 rings (SSSR count). The second-order valence-corrected chi connectivity index (χ2v) is 13.7. The van der Waals surface area contributed by atoms with Gasteiger partial charge in [0, 0.05) is 30.9 Å². The standard InChI is InChI=1S/C31H38ClN3O4S/c1-3-20-4-6-22(7-5-20)30-29(32)26-15-14-25(18-27(26)34(30)2)40(37,38)33-24-12-10-23(11-13-24)31(36)35-16-17-39-19-28(35)21-8-9-21/h4-7,14-15,18,21,23-24,28,33H,3,8-13,16-17,19H2,1-2H3/t23?,24?,28-/m1/s1. The highest BCUT2D eigenvalue weighted by molar-refractivity contribution is 7.89. The number of hydrogen-bond donors (Lipinski definition) is 1. The second-order valence-electron chi connectivity index (χ2n) is 11.6. The molecular formula is C31H38ClN3O4S. The van der Waals surface area contributed by atoms with Crippen molar-refractivity contribution in [2.45, 2.75) is 68.8 Å². The van der Waals surface area contributed by atoms with Crippen molar-refractivity contribution in [3.05, 3.63) is 53.1 Å². The average Bonchev–Trinajstić information content (AvgIpc) is 3.79. The Bertz CT molecular complexity index is 1510. The first kappa shape index (κ1) is 27.8. The predicted molar refractivity (Wildman–Crippen MR) is 158 cm³/mol. The first-order valence-corrected chi connectivity index (χ1v) is 16.4. The van der Waals surface area contributed by atoms with Crippen LogP contribution in [0.2, 0.25) is 5.02 Å². The van der Waals surface area contributed by atoms with Gasteiger partial charge in [0.05, 0.1) is 40.4 Å². The minimum absolute atomic E-state index is 0.0354. The number of nitrogens with one attached hydrogen (secondary N) is 1. The molecule has 1 aliphatic heterocycles. The van der Waals surface area contributed by atoms with Crippen LogP contribution in [-0.4, -0.2) is 55.6 Å². The van der Waals surface area contributed by atoms with Crippen LogP contribution in [0.4, 0.5) is 0 Å². The van der Waals surface area contributed by atoms with Crippen molar-refractivity contribution in [3.63, 3.8) is 0 Å². The number of carbonyl (C=O) groups is 1. The molecule has 1 saturated heterocycles. The van der Waals surface area contributed by atoms with Crippen LogP contribution < -0.4 is 4.72 Å². The highest BCUT2D eigenvalue weighted by Gasteiger charge is 2.41. The van der Waals surface area contributed by atoms with Crippen LogP contribution >= 0.6 is 11.6 Å². The molecule has 3 fully saturated rings. The molecule has 0 unspecified atom stereocenters. The minimum Gasteiger partial charge on any atom is -0.377 e. The van der Waals surface area contributed by atoms with Gasteiger partial charge in [-0.3, -0.25) is 4.79 Å². The second kappa shape index (κ2) is 11.1. The summed E-state index contributed by atoms with van der Waals surface area (Å²) >= 11 is 6.79. The van der Waals surface area contributed by atoms with Crippen molar-refractivity contribution in [1.82, 2.24) is 14.2 Å². The van der Waals surface area contributed by atoms with E-state index in [2.05, 4.69) is 40.8 Å². The third-order valence-corrected chi connectivity index (χ3v) is 11.0. The normalized spacial score (nSPS) is 24.0. The van der Waals surface area contributed by atoms with Gasteiger partial charge in [0.1, 0.15) is 0 Å². The van der Waals surface area contributed by atoms with Crippen LogP contribution in [0.3, 0.4) is 0 Å². The van der Waals surface area contributed by atoms with Gasteiger partial charge in [-0.05, 0) is 80.2 Å². The zero-order chi connectivity index (χ0) is 28.0. The molecule has 1 aromatic heterocycles. The number of ether oxygens (including phenoxy) is 1. The highest BCUT2D eigenvalue weighted by atomic mass is 35.5. The van der Waals surface area contributed by atoms with Crippen molar-refractivity contribution in [3.8, 4) is 11.3 Å². The molecule has 2 saturated carbocycles. The van der Waals surface area contributed by atoms with Gasteiger partial charge < -0.3 is 14.2 Å². The number of nitrogens with zero attached hydrogens (tertiary/aromatic N) is 2. The van der Waals surface area contributed by atoms with Gasteiger partial charge >= 0.3 is 0 Å². The quantitative estimate of drug-likeness (QED) is 0.396. The number of rotatable bonds is 7. The molecule has 0 bridgehead atoms. The Kier molecular flexibility index (Phi) is 7.72. The SMILES string of the molecule is CCc1ccc(-c2c(Cl)c3ccc(S(=O)(=O)NC4CCC(C(=O)N5CCOC[C@@H]5C5CC5)CC4)cc3n2C)cc1. The third kappa shape index (κ3) is 5.31. The Morgan fingerprint density at radius 1 is 1.05 bits per heavy atom. The Hall–Kier alpha value is -2.39.